The van der Waals surface area contributed by atoms with E-state index in [0.29, 0.717) is 6.67 Å². The minimum atomic E-state index is 0.591. The molecule has 5 aromatic rings. The van der Waals surface area contributed by atoms with Gasteiger partial charge in [0, 0.05) is 16.6 Å². The number of aromatic nitrogens is 1. The maximum atomic E-state index is 4.50. The van der Waals surface area contributed by atoms with E-state index in [1.807, 2.05) is 0 Å². The highest BCUT2D eigenvalue weighted by Crippen LogP contribution is 2.35. The van der Waals surface area contributed by atoms with Gasteiger partial charge in [0.2, 0.25) is 0 Å². The predicted octanol–water partition coefficient (Wildman–Crippen LogP) is 5.26. The summed E-state index contributed by atoms with van der Waals surface area (Å²) in [5.74, 6) is 0.875. The third kappa shape index (κ3) is 2.70. The van der Waals surface area contributed by atoms with E-state index in [1.54, 1.807) is 0 Å². The van der Waals surface area contributed by atoms with Crippen molar-refractivity contribution in [2.75, 3.05) is 6.67 Å². The summed E-state index contributed by atoms with van der Waals surface area (Å²) < 4.78 is 2.35. The molecule has 6 rings (SSSR count). The molecule has 0 bridgehead atoms. The van der Waals surface area contributed by atoms with Crippen molar-refractivity contribution in [1.29, 1.82) is 0 Å². The van der Waals surface area contributed by atoms with E-state index in [0.717, 1.165) is 17.1 Å². The molecule has 4 aromatic carbocycles. The highest BCUT2D eigenvalue weighted by molar-refractivity contribution is 6.09. The third-order valence-corrected chi connectivity index (χ3v) is 5.68. The number of amidine groups is 1. The standard InChI is InChI=1S/C26H20N4/c1-2-8-19(9-3-1)25-16-23-22-12-5-4-7-18(22)13-14-24(23)30(25)21-11-6-10-20(15-21)26-27-17-28-29-26/h1-16,28H,17H2,(H,27,29). The molecule has 0 saturated carbocycles. The summed E-state index contributed by atoms with van der Waals surface area (Å²) in [7, 11) is 0. The van der Waals surface area contributed by atoms with Gasteiger partial charge in [0.05, 0.1) is 11.2 Å². The molecule has 4 nitrogen and oxygen atoms in total. The topological polar surface area (TPSA) is 41.4 Å². The molecule has 0 spiro atoms. The van der Waals surface area contributed by atoms with E-state index in [4.69, 9.17) is 0 Å². The Labute approximate surface area is 174 Å². The number of benzene rings is 4. The molecule has 0 saturated heterocycles. The molecule has 0 radical (unpaired) electrons. The first-order chi connectivity index (χ1) is 14.9. The summed E-state index contributed by atoms with van der Waals surface area (Å²) in [6.07, 6.45) is 0. The summed E-state index contributed by atoms with van der Waals surface area (Å²) in [4.78, 5) is 4.50. The van der Waals surface area contributed by atoms with Gasteiger partial charge in [0.25, 0.3) is 0 Å². The van der Waals surface area contributed by atoms with Gasteiger partial charge in [-0.2, -0.15) is 0 Å². The van der Waals surface area contributed by atoms with Crippen LogP contribution in [0.25, 0.3) is 38.6 Å². The van der Waals surface area contributed by atoms with Crippen LogP contribution in [0.2, 0.25) is 0 Å². The normalized spacial score (nSPS) is 13.5. The van der Waals surface area contributed by atoms with Crippen LogP contribution >= 0.6 is 0 Å². The van der Waals surface area contributed by atoms with E-state index in [1.165, 1.54) is 32.9 Å². The van der Waals surface area contributed by atoms with E-state index in [-0.39, 0.29) is 0 Å². The zero-order chi connectivity index (χ0) is 19.9. The van der Waals surface area contributed by atoms with Crippen LogP contribution in [-0.2, 0) is 0 Å². The molecule has 1 aliphatic heterocycles. The Bertz CT molecular complexity index is 1410. The lowest BCUT2D eigenvalue weighted by atomic mass is 10.1. The number of hydrazine groups is 1. The lowest BCUT2D eigenvalue weighted by molar-refractivity contribution is 0.727. The molecule has 1 aromatic heterocycles. The molecule has 0 amide bonds. The van der Waals surface area contributed by atoms with Gasteiger partial charge in [0.15, 0.2) is 0 Å². The van der Waals surface area contributed by atoms with Crippen molar-refractivity contribution in [2.45, 2.75) is 0 Å². The van der Waals surface area contributed by atoms with E-state index in [9.17, 15) is 0 Å². The highest BCUT2D eigenvalue weighted by atomic mass is 15.5. The Morgan fingerprint density at radius 3 is 2.40 bits per heavy atom. The van der Waals surface area contributed by atoms with Crippen molar-refractivity contribution in [2.24, 2.45) is 4.99 Å². The van der Waals surface area contributed by atoms with Gasteiger partial charge in [-0.25, -0.2) is 10.4 Å². The molecule has 30 heavy (non-hydrogen) atoms. The first-order valence-corrected chi connectivity index (χ1v) is 10.1. The molecule has 2 heterocycles. The largest absolute Gasteiger partial charge is 0.309 e. The molecule has 144 valence electrons. The van der Waals surface area contributed by atoms with E-state index >= 15 is 0 Å². The van der Waals surface area contributed by atoms with Gasteiger partial charge in [-0.15, -0.1) is 0 Å². The molecular weight excluding hydrogens is 368 g/mol. The second-order valence-electron chi connectivity index (χ2n) is 7.47. The van der Waals surface area contributed by atoms with E-state index in [2.05, 4.69) is 117 Å². The summed E-state index contributed by atoms with van der Waals surface area (Å²) in [5.41, 5.74) is 12.0. The van der Waals surface area contributed by atoms with Crippen molar-refractivity contribution in [1.82, 2.24) is 15.4 Å². The van der Waals surface area contributed by atoms with Crippen LogP contribution in [0.3, 0.4) is 0 Å². The second kappa shape index (κ2) is 6.87. The number of hydrogen-bond acceptors (Lipinski definition) is 3. The van der Waals surface area contributed by atoms with Crippen molar-refractivity contribution in [3.8, 4) is 16.9 Å². The van der Waals surface area contributed by atoms with Crippen LogP contribution in [0.15, 0.2) is 102 Å². The fourth-order valence-corrected chi connectivity index (χ4v) is 4.30. The summed E-state index contributed by atoms with van der Waals surface area (Å²) in [6, 6.07) is 34.4. The van der Waals surface area contributed by atoms with Crippen molar-refractivity contribution in [3.63, 3.8) is 0 Å². The number of rotatable bonds is 3. The van der Waals surface area contributed by atoms with Gasteiger partial charge in [-0.3, -0.25) is 0 Å². The summed E-state index contributed by atoms with van der Waals surface area (Å²) >= 11 is 0. The van der Waals surface area contributed by atoms with Gasteiger partial charge >= 0.3 is 0 Å². The van der Waals surface area contributed by atoms with Gasteiger partial charge in [-0.05, 0) is 40.6 Å². The Morgan fingerprint density at radius 2 is 1.53 bits per heavy atom. The maximum Gasteiger partial charge on any atom is 0.144 e. The SMILES string of the molecule is c1ccc(-c2cc3c4ccccc4ccc3n2-c2cccc(C3=NCNN3)c2)cc1. The Kier molecular flexibility index (Phi) is 3.89. The van der Waals surface area contributed by atoms with Crippen molar-refractivity contribution >= 4 is 27.5 Å². The minimum Gasteiger partial charge on any atom is -0.309 e. The highest BCUT2D eigenvalue weighted by Gasteiger charge is 2.16. The summed E-state index contributed by atoms with van der Waals surface area (Å²) in [6.45, 7) is 0.591. The lowest BCUT2D eigenvalue weighted by Crippen LogP contribution is -2.30. The number of aliphatic imine (C=N–C) groups is 1. The zero-order valence-corrected chi connectivity index (χ0v) is 16.3. The molecule has 2 N–H and O–H groups in total. The van der Waals surface area contributed by atoms with Crippen LogP contribution in [0, 0.1) is 0 Å². The van der Waals surface area contributed by atoms with Crippen molar-refractivity contribution < 1.29 is 0 Å². The molecule has 0 unspecified atom stereocenters. The zero-order valence-electron chi connectivity index (χ0n) is 16.3. The second-order valence-corrected chi connectivity index (χ2v) is 7.47. The minimum absolute atomic E-state index is 0.591. The fraction of sp³-hybridized carbons (Fsp3) is 0.0385. The van der Waals surface area contributed by atoms with Crippen LogP contribution in [0.4, 0.5) is 0 Å². The summed E-state index contributed by atoms with van der Waals surface area (Å²) in [5, 5.41) is 3.79. The molecule has 0 atom stereocenters. The number of hydrogen-bond donors (Lipinski definition) is 2. The van der Waals surface area contributed by atoms with Crippen molar-refractivity contribution in [3.05, 3.63) is 103 Å². The fourth-order valence-electron chi connectivity index (χ4n) is 4.30. The quantitative estimate of drug-likeness (QED) is 0.442. The number of fused-ring (bicyclic) bond motifs is 3. The molecule has 4 heteroatoms. The maximum absolute atomic E-state index is 4.50. The monoisotopic (exact) mass is 388 g/mol. The van der Waals surface area contributed by atoms with Gasteiger partial charge in [0.1, 0.15) is 12.5 Å². The van der Waals surface area contributed by atoms with Gasteiger partial charge in [-0.1, -0.05) is 72.8 Å². The smallest absolute Gasteiger partial charge is 0.144 e. The predicted molar refractivity (Wildman–Crippen MR) is 124 cm³/mol. The van der Waals surface area contributed by atoms with Crippen LogP contribution < -0.4 is 10.9 Å². The average molecular weight is 388 g/mol. The number of nitrogens with zero attached hydrogens (tertiary/aromatic N) is 2. The first kappa shape index (κ1) is 17.0. The molecule has 0 fully saturated rings. The molecule has 0 aliphatic carbocycles. The van der Waals surface area contributed by atoms with Crippen LogP contribution in [0.5, 0.6) is 0 Å². The Morgan fingerprint density at radius 1 is 0.700 bits per heavy atom. The Hall–Kier alpha value is -3.89. The third-order valence-electron chi connectivity index (χ3n) is 5.68. The lowest BCUT2D eigenvalue weighted by Gasteiger charge is -2.13. The first-order valence-electron chi connectivity index (χ1n) is 10.1. The molecule has 1 aliphatic rings. The Balaban J connectivity index is 1.66. The van der Waals surface area contributed by atoms with Crippen LogP contribution in [0.1, 0.15) is 5.56 Å². The van der Waals surface area contributed by atoms with E-state index < -0.39 is 0 Å². The number of nitrogens with one attached hydrogen (secondary N) is 2. The van der Waals surface area contributed by atoms with Crippen LogP contribution in [-0.4, -0.2) is 17.1 Å². The molecular formula is C26H20N4. The average Bonchev–Trinajstić information content (AvgIpc) is 3.48. The van der Waals surface area contributed by atoms with Gasteiger partial charge < -0.3 is 9.99 Å².